The molecule has 0 bridgehead atoms. The first-order valence-electron chi connectivity index (χ1n) is 31.7. The third-order valence-corrected chi connectivity index (χ3v) is 15.4. The zero-order valence-electron chi connectivity index (χ0n) is 48.3. The lowest BCUT2D eigenvalue weighted by Gasteiger charge is -2.18. The largest absolute Gasteiger partial charge is 0.462 e. The second kappa shape index (κ2) is 55.2. The van der Waals surface area contributed by atoms with E-state index in [1.807, 2.05) is 0 Å². The van der Waals surface area contributed by atoms with E-state index < -0.39 is 6.10 Å². The molecule has 6 nitrogen and oxygen atoms in total. The first kappa shape index (κ1) is 68.4. The molecule has 0 rings (SSSR count). The third kappa shape index (κ3) is 54.2. The van der Waals surface area contributed by atoms with Gasteiger partial charge in [-0.3, -0.25) is 14.4 Å². The number of hydrogen-bond acceptors (Lipinski definition) is 6. The lowest BCUT2D eigenvalue weighted by atomic mass is 9.99. The highest BCUT2D eigenvalue weighted by Crippen LogP contribution is 2.20. The topological polar surface area (TPSA) is 78.9 Å². The van der Waals surface area contributed by atoms with Crippen LogP contribution >= 0.6 is 0 Å². The lowest BCUT2D eigenvalue weighted by molar-refractivity contribution is -0.167. The van der Waals surface area contributed by atoms with Gasteiger partial charge in [0, 0.05) is 19.3 Å². The van der Waals surface area contributed by atoms with Crippen LogP contribution in [0.5, 0.6) is 0 Å². The smallest absolute Gasteiger partial charge is 0.306 e. The summed E-state index contributed by atoms with van der Waals surface area (Å²) >= 11 is 0. The Bertz CT molecular complexity index is 1090. The molecule has 0 spiro atoms. The summed E-state index contributed by atoms with van der Waals surface area (Å²) in [7, 11) is 0. The highest BCUT2D eigenvalue weighted by atomic mass is 16.6. The lowest BCUT2D eigenvalue weighted by Crippen LogP contribution is -2.30. The van der Waals surface area contributed by atoms with E-state index in [0.717, 1.165) is 75.5 Å². The monoisotopic (exact) mass is 989 g/mol. The number of ether oxygens (including phenoxy) is 3. The van der Waals surface area contributed by atoms with Crippen molar-refractivity contribution in [1.82, 2.24) is 0 Å². The number of carbonyl (C=O) groups is 3. The second-order valence-corrected chi connectivity index (χ2v) is 23.0. The van der Waals surface area contributed by atoms with E-state index in [-0.39, 0.29) is 31.1 Å². The molecule has 0 aliphatic carbocycles. The van der Waals surface area contributed by atoms with Gasteiger partial charge in [-0.2, -0.15) is 0 Å². The average molecular weight is 990 g/mol. The Labute approximate surface area is 438 Å². The molecule has 0 aromatic heterocycles. The maximum atomic E-state index is 12.9. The van der Waals surface area contributed by atoms with E-state index >= 15 is 0 Å². The molecule has 0 aliphatic rings. The molecule has 0 radical (unpaired) electrons. The molecule has 2 unspecified atom stereocenters. The van der Waals surface area contributed by atoms with Crippen LogP contribution in [0.2, 0.25) is 0 Å². The Morgan fingerprint density at radius 2 is 0.500 bits per heavy atom. The van der Waals surface area contributed by atoms with Gasteiger partial charge in [-0.15, -0.1) is 0 Å². The standard InChI is InChI=1S/C64H124O6/c1-7-59(5)51-45-39-33-27-21-17-13-11-9-10-12-14-18-22-29-35-41-47-53-62(65)68-56-61(70-64(67)55-49-43-37-31-25-24-28-34-40-46-52-60(6)8-2)57-69-63(66)54-48-42-36-30-23-19-15-16-20-26-32-38-44-50-58(3)4/h58-61H,7-57H2,1-6H3/t59?,60?,61-/m1/s1. The predicted molar refractivity (Wildman–Crippen MR) is 303 cm³/mol. The van der Waals surface area contributed by atoms with Gasteiger partial charge in [0.2, 0.25) is 0 Å². The van der Waals surface area contributed by atoms with Gasteiger partial charge in [0.05, 0.1) is 0 Å². The van der Waals surface area contributed by atoms with Crippen molar-refractivity contribution in [2.24, 2.45) is 17.8 Å². The van der Waals surface area contributed by atoms with Gasteiger partial charge in [-0.1, -0.05) is 318 Å². The van der Waals surface area contributed by atoms with Crippen molar-refractivity contribution >= 4 is 17.9 Å². The van der Waals surface area contributed by atoms with Crippen LogP contribution in [-0.2, 0) is 28.6 Å². The first-order valence-corrected chi connectivity index (χ1v) is 31.7. The van der Waals surface area contributed by atoms with Crippen LogP contribution < -0.4 is 0 Å². The van der Waals surface area contributed by atoms with Crippen LogP contribution in [0.25, 0.3) is 0 Å². The number of esters is 3. The highest BCUT2D eigenvalue weighted by Gasteiger charge is 2.19. The second-order valence-electron chi connectivity index (χ2n) is 23.0. The highest BCUT2D eigenvalue weighted by molar-refractivity contribution is 5.71. The molecule has 0 fully saturated rings. The summed E-state index contributed by atoms with van der Waals surface area (Å²) in [6, 6.07) is 0. The van der Waals surface area contributed by atoms with Gasteiger partial charge >= 0.3 is 17.9 Å². The molecular formula is C64H124O6. The molecule has 6 heteroatoms. The Morgan fingerprint density at radius 1 is 0.286 bits per heavy atom. The molecule has 0 amide bonds. The van der Waals surface area contributed by atoms with Crippen molar-refractivity contribution in [1.29, 1.82) is 0 Å². The number of carbonyl (C=O) groups excluding carboxylic acids is 3. The van der Waals surface area contributed by atoms with E-state index in [0.29, 0.717) is 19.3 Å². The maximum absolute atomic E-state index is 12.9. The third-order valence-electron chi connectivity index (χ3n) is 15.4. The number of rotatable bonds is 57. The molecule has 0 N–H and O–H groups in total. The van der Waals surface area contributed by atoms with E-state index in [2.05, 4.69) is 41.5 Å². The minimum Gasteiger partial charge on any atom is -0.462 e. The minimum atomic E-state index is -0.764. The van der Waals surface area contributed by atoms with Crippen LogP contribution in [0.1, 0.15) is 356 Å². The van der Waals surface area contributed by atoms with Crippen LogP contribution in [0.3, 0.4) is 0 Å². The van der Waals surface area contributed by atoms with Gasteiger partial charge in [-0.05, 0) is 37.0 Å². The molecule has 416 valence electrons. The number of unbranched alkanes of at least 4 members (excludes halogenated alkanes) is 38. The van der Waals surface area contributed by atoms with Crippen molar-refractivity contribution < 1.29 is 28.6 Å². The summed E-state index contributed by atoms with van der Waals surface area (Å²) < 4.78 is 16.9. The van der Waals surface area contributed by atoms with E-state index in [4.69, 9.17) is 14.2 Å². The van der Waals surface area contributed by atoms with Crippen molar-refractivity contribution in [3.8, 4) is 0 Å². The SMILES string of the molecule is CCC(C)CCCCCCCCCCCCCCCCCCCCC(=O)OC[C@H](COC(=O)CCCCCCCCCCCCCCCC(C)C)OC(=O)CCCCCCCCCCCCC(C)CC. The zero-order chi connectivity index (χ0) is 51.2. The van der Waals surface area contributed by atoms with Crippen molar-refractivity contribution in [2.45, 2.75) is 362 Å². The van der Waals surface area contributed by atoms with Crippen molar-refractivity contribution in [2.75, 3.05) is 13.2 Å². The molecule has 3 atom stereocenters. The van der Waals surface area contributed by atoms with Gasteiger partial charge in [0.25, 0.3) is 0 Å². The minimum absolute atomic E-state index is 0.0630. The fourth-order valence-corrected chi connectivity index (χ4v) is 9.82. The fraction of sp³-hybridized carbons (Fsp3) is 0.953. The van der Waals surface area contributed by atoms with Crippen molar-refractivity contribution in [3.63, 3.8) is 0 Å². The van der Waals surface area contributed by atoms with E-state index in [9.17, 15) is 14.4 Å². The average Bonchev–Trinajstić information content (AvgIpc) is 3.35. The molecule has 70 heavy (non-hydrogen) atoms. The fourth-order valence-electron chi connectivity index (χ4n) is 9.82. The number of hydrogen-bond donors (Lipinski definition) is 0. The van der Waals surface area contributed by atoms with Crippen LogP contribution in [-0.4, -0.2) is 37.2 Å². The summed E-state index contributed by atoms with van der Waals surface area (Å²) in [6.45, 7) is 13.9. The van der Waals surface area contributed by atoms with Crippen molar-refractivity contribution in [3.05, 3.63) is 0 Å². The van der Waals surface area contributed by atoms with Crippen LogP contribution in [0.15, 0.2) is 0 Å². The summed E-state index contributed by atoms with van der Waals surface area (Å²) in [5.74, 6) is 1.78. The zero-order valence-corrected chi connectivity index (χ0v) is 48.3. The van der Waals surface area contributed by atoms with E-state index in [1.54, 1.807) is 0 Å². The Hall–Kier alpha value is -1.59. The predicted octanol–water partition coefficient (Wildman–Crippen LogP) is 21.1. The van der Waals surface area contributed by atoms with Gasteiger partial charge in [-0.25, -0.2) is 0 Å². The summed E-state index contributed by atoms with van der Waals surface area (Å²) in [5, 5.41) is 0. The molecule has 0 aromatic carbocycles. The summed E-state index contributed by atoms with van der Waals surface area (Å²) in [5.41, 5.74) is 0. The maximum Gasteiger partial charge on any atom is 0.306 e. The summed E-state index contributed by atoms with van der Waals surface area (Å²) in [4.78, 5) is 38.3. The first-order chi connectivity index (χ1) is 34.2. The Morgan fingerprint density at radius 3 is 0.743 bits per heavy atom. The van der Waals surface area contributed by atoms with E-state index in [1.165, 1.54) is 238 Å². The van der Waals surface area contributed by atoms with Crippen LogP contribution in [0, 0.1) is 17.8 Å². The van der Waals surface area contributed by atoms with Crippen LogP contribution in [0.4, 0.5) is 0 Å². The van der Waals surface area contributed by atoms with Gasteiger partial charge in [0.15, 0.2) is 6.10 Å². The summed E-state index contributed by atoms with van der Waals surface area (Å²) in [6.07, 6.45) is 59.5. The molecule has 0 aliphatic heterocycles. The molecule has 0 aromatic rings. The quantitative estimate of drug-likeness (QED) is 0.0343. The molecule has 0 saturated heterocycles. The normalized spacial score (nSPS) is 12.9. The Balaban J connectivity index is 4.25. The molecule has 0 saturated carbocycles. The molecular weight excluding hydrogens is 865 g/mol. The van der Waals surface area contributed by atoms with Gasteiger partial charge < -0.3 is 14.2 Å². The Kier molecular flexibility index (Phi) is 53.9. The van der Waals surface area contributed by atoms with Gasteiger partial charge in [0.1, 0.15) is 13.2 Å². The molecule has 0 heterocycles.